The van der Waals surface area contributed by atoms with E-state index >= 15 is 0 Å². The molecule has 1 aromatic rings. The summed E-state index contributed by atoms with van der Waals surface area (Å²) in [5.74, 6) is 1.68. The molecule has 1 saturated heterocycles. The van der Waals surface area contributed by atoms with Crippen LogP contribution in [0.3, 0.4) is 0 Å². The van der Waals surface area contributed by atoms with Crippen molar-refractivity contribution in [3.8, 4) is 11.5 Å². The number of fused-ring (bicyclic) bond motifs is 1. The van der Waals surface area contributed by atoms with E-state index in [-0.39, 0.29) is 6.10 Å². The van der Waals surface area contributed by atoms with E-state index in [0.29, 0.717) is 0 Å². The molecule has 4 nitrogen and oxygen atoms in total. The predicted molar refractivity (Wildman–Crippen MR) is 63.6 cm³/mol. The Morgan fingerprint density at radius 3 is 2.76 bits per heavy atom. The molecule has 0 spiro atoms. The van der Waals surface area contributed by atoms with Crippen LogP contribution >= 0.6 is 0 Å². The van der Waals surface area contributed by atoms with Crippen LogP contribution in [-0.4, -0.2) is 32.9 Å². The Balaban J connectivity index is 1.83. The summed E-state index contributed by atoms with van der Waals surface area (Å²) in [6.45, 7) is 4.01. The number of nitrogens with one attached hydrogen (secondary N) is 1. The van der Waals surface area contributed by atoms with E-state index in [1.807, 2.05) is 12.1 Å². The van der Waals surface area contributed by atoms with Gasteiger partial charge in [0.25, 0.3) is 0 Å². The first-order valence-corrected chi connectivity index (χ1v) is 6.15. The molecular weight excluding hydrogens is 218 g/mol. The van der Waals surface area contributed by atoms with E-state index in [2.05, 4.69) is 11.4 Å². The van der Waals surface area contributed by atoms with E-state index in [4.69, 9.17) is 14.2 Å². The highest BCUT2D eigenvalue weighted by Crippen LogP contribution is 2.33. The van der Waals surface area contributed by atoms with Gasteiger partial charge in [-0.05, 0) is 17.7 Å². The van der Waals surface area contributed by atoms with Crippen LogP contribution in [0, 0.1) is 0 Å². The Hall–Kier alpha value is -1.26. The Bertz CT molecular complexity index is 388. The number of hydrogen-bond donors (Lipinski definition) is 1. The molecular formula is C13H17NO3. The molecule has 0 amide bonds. The number of benzene rings is 1. The zero-order chi connectivity index (χ0) is 11.5. The average Bonchev–Trinajstić information content (AvgIpc) is 2.64. The molecule has 17 heavy (non-hydrogen) atoms. The highest BCUT2D eigenvalue weighted by atomic mass is 16.5. The van der Waals surface area contributed by atoms with E-state index in [1.54, 1.807) is 0 Å². The molecule has 2 heterocycles. The summed E-state index contributed by atoms with van der Waals surface area (Å²) < 4.78 is 17.0. The lowest BCUT2D eigenvalue weighted by atomic mass is 10.1. The number of rotatable bonds is 1. The standard InChI is InChI=1S/C13H17NO3/c1-5-15-11-3-2-10(8-12(11)16-6-1)13-9-14-4-7-17-13/h2-3,8,13-14H,1,4-7,9H2. The summed E-state index contributed by atoms with van der Waals surface area (Å²) in [6, 6.07) is 6.08. The lowest BCUT2D eigenvalue weighted by molar-refractivity contribution is 0.0275. The van der Waals surface area contributed by atoms with E-state index in [1.165, 1.54) is 0 Å². The molecule has 1 unspecified atom stereocenters. The Labute approximate surface area is 101 Å². The van der Waals surface area contributed by atoms with Crippen LogP contribution in [0.25, 0.3) is 0 Å². The normalized spacial score (nSPS) is 24.1. The molecule has 1 atom stereocenters. The molecule has 2 aliphatic heterocycles. The third kappa shape index (κ3) is 2.37. The van der Waals surface area contributed by atoms with Crippen molar-refractivity contribution in [2.24, 2.45) is 0 Å². The molecule has 0 bridgehead atoms. The van der Waals surface area contributed by atoms with Gasteiger partial charge in [-0.2, -0.15) is 0 Å². The van der Waals surface area contributed by atoms with Gasteiger partial charge in [0.15, 0.2) is 11.5 Å². The van der Waals surface area contributed by atoms with Crippen molar-refractivity contribution in [1.29, 1.82) is 0 Å². The number of ether oxygens (including phenoxy) is 3. The fourth-order valence-electron chi connectivity index (χ4n) is 2.16. The SMILES string of the molecule is c1cc2c(cc1C1CNCCO1)OCCCO2. The van der Waals surface area contributed by atoms with Crippen LogP contribution in [0.2, 0.25) is 0 Å². The highest BCUT2D eigenvalue weighted by molar-refractivity contribution is 5.44. The van der Waals surface area contributed by atoms with Gasteiger partial charge in [0, 0.05) is 19.5 Å². The third-order valence-electron chi connectivity index (χ3n) is 3.07. The third-order valence-corrected chi connectivity index (χ3v) is 3.07. The topological polar surface area (TPSA) is 39.7 Å². The Morgan fingerprint density at radius 1 is 1.06 bits per heavy atom. The highest BCUT2D eigenvalue weighted by Gasteiger charge is 2.18. The van der Waals surface area contributed by atoms with Crippen molar-refractivity contribution in [3.05, 3.63) is 23.8 Å². The van der Waals surface area contributed by atoms with Crippen LogP contribution in [0.4, 0.5) is 0 Å². The molecule has 0 aliphatic carbocycles. The Kier molecular flexibility index (Phi) is 3.16. The molecule has 4 heteroatoms. The molecule has 1 N–H and O–H groups in total. The van der Waals surface area contributed by atoms with E-state index in [0.717, 1.165) is 56.4 Å². The van der Waals surface area contributed by atoms with Gasteiger partial charge in [0.1, 0.15) is 0 Å². The Morgan fingerprint density at radius 2 is 1.94 bits per heavy atom. The van der Waals surface area contributed by atoms with Gasteiger partial charge < -0.3 is 19.5 Å². The van der Waals surface area contributed by atoms with Crippen LogP contribution in [-0.2, 0) is 4.74 Å². The molecule has 0 saturated carbocycles. The predicted octanol–water partition coefficient (Wildman–Crippen LogP) is 1.51. The molecule has 1 fully saturated rings. The number of hydrogen-bond acceptors (Lipinski definition) is 4. The van der Waals surface area contributed by atoms with Crippen molar-refractivity contribution in [2.75, 3.05) is 32.9 Å². The average molecular weight is 235 g/mol. The van der Waals surface area contributed by atoms with Crippen molar-refractivity contribution in [1.82, 2.24) is 5.32 Å². The van der Waals surface area contributed by atoms with Gasteiger partial charge in [0.2, 0.25) is 0 Å². The van der Waals surface area contributed by atoms with Crippen LogP contribution in [0.1, 0.15) is 18.1 Å². The van der Waals surface area contributed by atoms with Crippen LogP contribution < -0.4 is 14.8 Å². The van der Waals surface area contributed by atoms with Crippen molar-refractivity contribution >= 4 is 0 Å². The van der Waals surface area contributed by atoms with Gasteiger partial charge >= 0.3 is 0 Å². The second-order valence-electron chi connectivity index (χ2n) is 4.32. The molecule has 1 aromatic carbocycles. The minimum atomic E-state index is 0.126. The first-order valence-electron chi connectivity index (χ1n) is 6.15. The first kappa shape index (κ1) is 10.9. The monoisotopic (exact) mass is 235 g/mol. The summed E-state index contributed by atoms with van der Waals surface area (Å²) in [7, 11) is 0. The lowest BCUT2D eigenvalue weighted by Crippen LogP contribution is -2.33. The summed E-state index contributed by atoms with van der Waals surface area (Å²) in [5, 5.41) is 3.33. The van der Waals surface area contributed by atoms with Crippen molar-refractivity contribution in [3.63, 3.8) is 0 Å². The maximum atomic E-state index is 5.73. The largest absolute Gasteiger partial charge is 0.490 e. The molecule has 3 rings (SSSR count). The van der Waals surface area contributed by atoms with E-state index < -0.39 is 0 Å². The smallest absolute Gasteiger partial charge is 0.161 e. The number of morpholine rings is 1. The summed E-state index contributed by atoms with van der Waals surface area (Å²) in [6.07, 6.45) is 1.06. The summed E-state index contributed by atoms with van der Waals surface area (Å²) >= 11 is 0. The quantitative estimate of drug-likeness (QED) is 0.801. The molecule has 0 aromatic heterocycles. The summed E-state index contributed by atoms with van der Waals surface area (Å²) in [5.41, 5.74) is 1.15. The zero-order valence-corrected chi connectivity index (χ0v) is 9.78. The van der Waals surface area contributed by atoms with Crippen molar-refractivity contribution < 1.29 is 14.2 Å². The van der Waals surface area contributed by atoms with Gasteiger partial charge in [-0.15, -0.1) is 0 Å². The van der Waals surface area contributed by atoms with Gasteiger partial charge in [0.05, 0.1) is 25.9 Å². The minimum absolute atomic E-state index is 0.126. The van der Waals surface area contributed by atoms with Crippen LogP contribution in [0.5, 0.6) is 11.5 Å². The molecule has 92 valence electrons. The first-order chi connectivity index (χ1) is 8.43. The maximum absolute atomic E-state index is 5.73. The second kappa shape index (κ2) is 4.94. The van der Waals surface area contributed by atoms with Gasteiger partial charge in [-0.1, -0.05) is 6.07 Å². The van der Waals surface area contributed by atoms with E-state index in [9.17, 15) is 0 Å². The minimum Gasteiger partial charge on any atom is -0.490 e. The fraction of sp³-hybridized carbons (Fsp3) is 0.538. The fourth-order valence-corrected chi connectivity index (χ4v) is 2.16. The summed E-state index contributed by atoms with van der Waals surface area (Å²) in [4.78, 5) is 0. The molecule has 2 aliphatic rings. The van der Waals surface area contributed by atoms with Crippen molar-refractivity contribution in [2.45, 2.75) is 12.5 Å². The van der Waals surface area contributed by atoms with Gasteiger partial charge in [-0.25, -0.2) is 0 Å². The molecule has 0 radical (unpaired) electrons. The van der Waals surface area contributed by atoms with Gasteiger partial charge in [-0.3, -0.25) is 0 Å². The second-order valence-corrected chi connectivity index (χ2v) is 4.32. The van der Waals surface area contributed by atoms with Crippen LogP contribution in [0.15, 0.2) is 18.2 Å². The lowest BCUT2D eigenvalue weighted by Gasteiger charge is -2.24. The zero-order valence-electron chi connectivity index (χ0n) is 9.78. The maximum Gasteiger partial charge on any atom is 0.161 e.